The first kappa shape index (κ1) is 13.0. The topological polar surface area (TPSA) is 56.1 Å². The Bertz CT molecular complexity index is 303. The Morgan fingerprint density at radius 1 is 1.38 bits per heavy atom. The fourth-order valence-corrected chi connectivity index (χ4v) is 1.67. The Morgan fingerprint density at radius 2 is 1.88 bits per heavy atom. The molecule has 1 aliphatic heterocycles. The Morgan fingerprint density at radius 3 is 2.25 bits per heavy atom. The number of piperidine rings is 1. The van der Waals surface area contributed by atoms with Crippen LogP contribution in [0.3, 0.4) is 0 Å². The molecule has 1 heterocycles. The molecule has 0 aromatic rings. The summed E-state index contributed by atoms with van der Waals surface area (Å²) in [5.74, 6) is -0.0430. The smallest absolute Gasteiger partial charge is 0.226 e. The molecule has 1 amide bonds. The van der Waals surface area contributed by atoms with E-state index < -0.39 is 11.0 Å². The van der Waals surface area contributed by atoms with E-state index in [1.807, 2.05) is 27.8 Å². The summed E-state index contributed by atoms with van der Waals surface area (Å²) >= 11 is 0. The van der Waals surface area contributed by atoms with Gasteiger partial charge in [0, 0.05) is 18.5 Å². The maximum Gasteiger partial charge on any atom is 0.226 e. The van der Waals surface area contributed by atoms with Crippen molar-refractivity contribution >= 4 is 5.91 Å². The van der Waals surface area contributed by atoms with Gasteiger partial charge in [-0.15, -0.1) is 0 Å². The van der Waals surface area contributed by atoms with Crippen LogP contribution in [0.15, 0.2) is 0 Å². The summed E-state index contributed by atoms with van der Waals surface area (Å²) in [4.78, 5) is 14.1. The summed E-state index contributed by atoms with van der Waals surface area (Å²) in [5, 5.41) is 12.2. The van der Waals surface area contributed by atoms with Gasteiger partial charge in [-0.05, 0) is 19.9 Å². The van der Waals surface area contributed by atoms with Gasteiger partial charge in [0.15, 0.2) is 0 Å². The van der Waals surface area contributed by atoms with Crippen molar-refractivity contribution in [2.45, 2.75) is 39.2 Å². The number of nitriles is 1. The van der Waals surface area contributed by atoms with Crippen LogP contribution in [0.5, 0.6) is 0 Å². The number of nitrogens with zero attached hydrogens (tertiary/aromatic N) is 2. The third-order valence-corrected chi connectivity index (χ3v) is 3.09. The van der Waals surface area contributed by atoms with Gasteiger partial charge >= 0.3 is 0 Å². The zero-order chi connectivity index (χ0) is 12.4. The molecule has 1 N–H and O–H groups in total. The van der Waals surface area contributed by atoms with E-state index in [0.717, 1.165) is 13.1 Å². The van der Waals surface area contributed by atoms with Crippen LogP contribution in [0.1, 0.15) is 33.6 Å². The largest absolute Gasteiger partial charge is 0.337 e. The lowest BCUT2D eigenvalue weighted by molar-refractivity contribution is -0.130. The lowest BCUT2D eigenvalue weighted by atomic mass is 9.86. The molecule has 0 aromatic carbocycles. The van der Waals surface area contributed by atoms with E-state index in [-0.39, 0.29) is 5.91 Å². The number of carbonyl (C=O) groups is 1. The highest BCUT2D eigenvalue weighted by molar-refractivity contribution is 5.82. The van der Waals surface area contributed by atoms with Gasteiger partial charge in [0.2, 0.25) is 5.91 Å². The van der Waals surface area contributed by atoms with E-state index >= 15 is 0 Å². The van der Waals surface area contributed by atoms with E-state index in [2.05, 4.69) is 16.3 Å². The average Bonchev–Trinajstić information content (AvgIpc) is 2.20. The van der Waals surface area contributed by atoms with Crippen LogP contribution >= 0.6 is 0 Å². The van der Waals surface area contributed by atoms with E-state index in [0.29, 0.717) is 12.8 Å². The van der Waals surface area contributed by atoms with Gasteiger partial charge in [-0.2, -0.15) is 5.26 Å². The molecule has 0 unspecified atom stereocenters. The van der Waals surface area contributed by atoms with Crippen LogP contribution in [-0.2, 0) is 4.79 Å². The van der Waals surface area contributed by atoms with Crippen molar-refractivity contribution in [3.05, 3.63) is 0 Å². The third-order valence-electron chi connectivity index (χ3n) is 3.09. The fourth-order valence-electron chi connectivity index (χ4n) is 1.67. The summed E-state index contributed by atoms with van der Waals surface area (Å²) < 4.78 is 0. The summed E-state index contributed by atoms with van der Waals surface area (Å²) in [7, 11) is 2.03. The van der Waals surface area contributed by atoms with Gasteiger partial charge in [-0.3, -0.25) is 4.79 Å². The highest BCUT2D eigenvalue weighted by Gasteiger charge is 2.37. The van der Waals surface area contributed by atoms with Crippen molar-refractivity contribution < 1.29 is 4.79 Å². The molecule has 1 fully saturated rings. The van der Waals surface area contributed by atoms with Gasteiger partial charge in [0.05, 0.1) is 6.07 Å². The first-order valence-electron chi connectivity index (χ1n) is 5.71. The van der Waals surface area contributed by atoms with E-state index in [1.165, 1.54) is 0 Å². The van der Waals surface area contributed by atoms with Gasteiger partial charge in [-0.1, -0.05) is 20.8 Å². The predicted octanol–water partition coefficient (Wildman–Crippen LogP) is 1.14. The molecule has 0 atom stereocenters. The first-order chi connectivity index (χ1) is 7.29. The summed E-state index contributed by atoms with van der Waals surface area (Å²) in [6.45, 7) is 7.31. The van der Waals surface area contributed by atoms with Crippen LogP contribution in [0.2, 0.25) is 0 Å². The SMILES string of the molecule is CN1CCC(C#N)(NC(=O)C(C)(C)C)CC1. The second kappa shape index (κ2) is 4.42. The number of likely N-dealkylation sites (tertiary alicyclic amines) is 1. The molecular formula is C12H21N3O. The van der Waals surface area contributed by atoms with Crippen molar-refractivity contribution in [2.75, 3.05) is 20.1 Å². The number of rotatable bonds is 1. The van der Waals surface area contributed by atoms with Gasteiger partial charge in [-0.25, -0.2) is 0 Å². The minimum atomic E-state index is -0.656. The standard InChI is InChI=1S/C12H21N3O/c1-11(2,3)10(16)14-12(9-13)5-7-15(4)8-6-12/h5-8H2,1-4H3,(H,14,16). The third kappa shape index (κ3) is 2.96. The lowest BCUT2D eigenvalue weighted by Gasteiger charge is -2.37. The van der Waals surface area contributed by atoms with Gasteiger partial charge < -0.3 is 10.2 Å². The maximum absolute atomic E-state index is 11.9. The molecule has 0 saturated carbocycles. The minimum Gasteiger partial charge on any atom is -0.337 e. The van der Waals surface area contributed by atoms with Crippen LogP contribution in [0.25, 0.3) is 0 Å². The Balaban J connectivity index is 2.70. The molecular weight excluding hydrogens is 202 g/mol. The van der Waals surface area contributed by atoms with Crippen LogP contribution in [0.4, 0.5) is 0 Å². The Hall–Kier alpha value is -1.08. The molecule has 1 saturated heterocycles. The first-order valence-corrected chi connectivity index (χ1v) is 5.71. The van der Waals surface area contributed by atoms with Crippen molar-refractivity contribution in [1.29, 1.82) is 5.26 Å². The molecule has 1 rings (SSSR count). The average molecular weight is 223 g/mol. The van der Waals surface area contributed by atoms with Gasteiger partial charge in [0.25, 0.3) is 0 Å². The Kier molecular flexibility index (Phi) is 3.59. The zero-order valence-corrected chi connectivity index (χ0v) is 10.6. The summed E-state index contributed by atoms with van der Waals surface area (Å²) in [5.41, 5.74) is -1.09. The summed E-state index contributed by atoms with van der Waals surface area (Å²) in [6.07, 6.45) is 1.42. The van der Waals surface area contributed by atoms with Gasteiger partial charge in [0.1, 0.15) is 5.54 Å². The number of hydrogen-bond donors (Lipinski definition) is 1. The molecule has 90 valence electrons. The molecule has 0 radical (unpaired) electrons. The minimum absolute atomic E-state index is 0.0430. The molecule has 0 spiro atoms. The fraction of sp³-hybridized carbons (Fsp3) is 0.833. The summed E-state index contributed by atoms with van der Waals surface area (Å²) in [6, 6.07) is 2.28. The molecule has 4 heteroatoms. The number of amides is 1. The number of hydrogen-bond acceptors (Lipinski definition) is 3. The molecule has 0 bridgehead atoms. The molecule has 1 aliphatic rings. The molecule has 4 nitrogen and oxygen atoms in total. The molecule has 0 aromatic heterocycles. The maximum atomic E-state index is 11.9. The van der Waals surface area contributed by atoms with Crippen LogP contribution < -0.4 is 5.32 Å². The highest BCUT2D eigenvalue weighted by atomic mass is 16.2. The molecule has 16 heavy (non-hydrogen) atoms. The highest BCUT2D eigenvalue weighted by Crippen LogP contribution is 2.23. The lowest BCUT2D eigenvalue weighted by Crippen LogP contribution is -2.56. The predicted molar refractivity (Wildman–Crippen MR) is 62.7 cm³/mol. The van der Waals surface area contributed by atoms with Crippen LogP contribution in [-0.4, -0.2) is 36.5 Å². The normalized spacial score (nSPS) is 21.2. The second-order valence-electron chi connectivity index (χ2n) is 5.70. The monoisotopic (exact) mass is 223 g/mol. The van der Waals surface area contributed by atoms with Crippen LogP contribution in [0, 0.1) is 16.7 Å². The number of nitrogens with one attached hydrogen (secondary N) is 1. The van der Waals surface area contributed by atoms with Crippen molar-refractivity contribution in [1.82, 2.24) is 10.2 Å². The van der Waals surface area contributed by atoms with E-state index in [1.54, 1.807) is 0 Å². The zero-order valence-electron chi connectivity index (χ0n) is 10.6. The molecule has 0 aliphatic carbocycles. The second-order valence-corrected chi connectivity index (χ2v) is 5.70. The van der Waals surface area contributed by atoms with Crippen molar-refractivity contribution in [2.24, 2.45) is 5.41 Å². The number of carbonyl (C=O) groups excluding carboxylic acids is 1. The van der Waals surface area contributed by atoms with E-state index in [9.17, 15) is 10.1 Å². The van der Waals surface area contributed by atoms with Crippen molar-refractivity contribution in [3.8, 4) is 6.07 Å². The quantitative estimate of drug-likeness (QED) is 0.725. The van der Waals surface area contributed by atoms with Crippen molar-refractivity contribution in [3.63, 3.8) is 0 Å². The van der Waals surface area contributed by atoms with E-state index in [4.69, 9.17) is 0 Å². The Labute approximate surface area is 97.6 Å².